The first-order chi connectivity index (χ1) is 8.13. The molecule has 0 amide bonds. The molecule has 0 aliphatic heterocycles. The Morgan fingerprint density at radius 3 is 2.59 bits per heavy atom. The number of nitrogens with two attached hydrogens (primary N) is 2. The number of ether oxygens (including phenoxy) is 1. The van der Waals surface area contributed by atoms with Crippen molar-refractivity contribution in [3.05, 3.63) is 42.2 Å². The van der Waals surface area contributed by atoms with Crippen molar-refractivity contribution in [2.24, 2.45) is 0 Å². The van der Waals surface area contributed by atoms with E-state index in [2.05, 4.69) is 0 Å². The lowest BCUT2D eigenvalue weighted by atomic mass is 10.0. The lowest BCUT2D eigenvalue weighted by Crippen LogP contribution is -1.97. The highest BCUT2D eigenvalue weighted by molar-refractivity contribution is 5.84. The molecule has 0 aliphatic carbocycles. The van der Waals surface area contributed by atoms with Gasteiger partial charge in [-0.05, 0) is 23.8 Å². The molecule has 17 heavy (non-hydrogen) atoms. The summed E-state index contributed by atoms with van der Waals surface area (Å²) in [4.78, 5) is 0. The number of halogens is 1. The molecule has 0 radical (unpaired) electrons. The van der Waals surface area contributed by atoms with Crippen molar-refractivity contribution in [2.75, 3.05) is 18.6 Å². The van der Waals surface area contributed by atoms with Crippen molar-refractivity contribution in [1.29, 1.82) is 0 Å². The Hall–Kier alpha value is -2.23. The topological polar surface area (TPSA) is 61.3 Å². The van der Waals surface area contributed by atoms with Gasteiger partial charge in [0.15, 0.2) is 11.6 Å². The number of hydrogen-bond donors (Lipinski definition) is 2. The molecule has 2 aromatic rings. The molecule has 2 aromatic carbocycles. The highest BCUT2D eigenvalue weighted by Crippen LogP contribution is 2.32. The number of anilines is 2. The summed E-state index contributed by atoms with van der Waals surface area (Å²) in [5.41, 5.74) is 14.1. The van der Waals surface area contributed by atoms with Crippen molar-refractivity contribution >= 4 is 11.4 Å². The zero-order valence-electron chi connectivity index (χ0n) is 9.41. The van der Waals surface area contributed by atoms with Crippen LogP contribution in [0.2, 0.25) is 0 Å². The normalized spacial score (nSPS) is 10.2. The summed E-state index contributed by atoms with van der Waals surface area (Å²) in [6.07, 6.45) is 0. The van der Waals surface area contributed by atoms with E-state index in [0.717, 1.165) is 11.1 Å². The van der Waals surface area contributed by atoms with Gasteiger partial charge < -0.3 is 16.2 Å². The Kier molecular flexibility index (Phi) is 2.87. The van der Waals surface area contributed by atoms with Gasteiger partial charge in [-0.15, -0.1) is 0 Å². The second-order valence-electron chi connectivity index (χ2n) is 3.66. The average Bonchev–Trinajstić information content (AvgIpc) is 2.34. The van der Waals surface area contributed by atoms with Gasteiger partial charge in [-0.1, -0.05) is 18.2 Å². The van der Waals surface area contributed by atoms with Crippen molar-refractivity contribution in [3.63, 3.8) is 0 Å². The molecule has 0 saturated heterocycles. The Morgan fingerprint density at radius 1 is 1.12 bits per heavy atom. The summed E-state index contributed by atoms with van der Waals surface area (Å²) < 4.78 is 18.2. The molecule has 0 spiro atoms. The highest BCUT2D eigenvalue weighted by Gasteiger charge is 2.08. The first-order valence-electron chi connectivity index (χ1n) is 5.11. The minimum Gasteiger partial charge on any atom is -0.494 e. The molecule has 0 fully saturated rings. The Balaban J connectivity index is 2.57. The number of rotatable bonds is 2. The lowest BCUT2D eigenvalue weighted by Gasteiger charge is -2.10. The Labute approximate surface area is 98.8 Å². The van der Waals surface area contributed by atoms with Crippen LogP contribution in [-0.4, -0.2) is 7.11 Å². The monoisotopic (exact) mass is 232 g/mol. The summed E-state index contributed by atoms with van der Waals surface area (Å²) in [7, 11) is 1.42. The maximum absolute atomic E-state index is 13.3. The molecular weight excluding hydrogens is 219 g/mol. The van der Waals surface area contributed by atoms with Gasteiger partial charge in [0.2, 0.25) is 0 Å². The third-order valence-electron chi connectivity index (χ3n) is 2.60. The van der Waals surface area contributed by atoms with E-state index in [-0.39, 0.29) is 5.75 Å². The zero-order valence-corrected chi connectivity index (χ0v) is 9.41. The number of para-hydroxylation sites is 1. The van der Waals surface area contributed by atoms with Gasteiger partial charge in [0.1, 0.15) is 0 Å². The summed E-state index contributed by atoms with van der Waals surface area (Å²) in [6, 6.07) is 9.94. The average molecular weight is 232 g/mol. The second kappa shape index (κ2) is 4.33. The lowest BCUT2D eigenvalue weighted by molar-refractivity contribution is 0.387. The molecule has 2 rings (SSSR count). The van der Waals surface area contributed by atoms with Gasteiger partial charge in [0.25, 0.3) is 0 Å². The Morgan fingerprint density at radius 2 is 1.88 bits per heavy atom. The van der Waals surface area contributed by atoms with E-state index in [4.69, 9.17) is 16.2 Å². The van der Waals surface area contributed by atoms with Crippen molar-refractivity contribution < 1.29 is 9.13 Å². The first-order valence-corrected chi connectivity index (χ1v) is 5.11. The molecule has 0 bridgehead atoms. The van der Waals surface area contributed by atoms with Crippen LogP contribution in [0.1, 0.15) is 0 Å². The van der Waals surface area contributed by atoms with E-state index in [1.807, 2.05) is 6.07 Å². The Bertz CT molecular complexity index is 555. The standard InChI is InChI=1S/C13H13FN2O/c1-17-12-7-8(5-6-10(12)14)9-3-2-4-11(15)13(9)16/h2-7H,15-16H2,1H3. The first kappa shape index (κ1) is 11.3. The smallest absolute Gasteiger partial charge is 0.165 e. The molecule has 0 aromatic heterocycles. The summed E-state index contributed by atoms with van der Waals surface area (Å²) >= 11 is 0. The van der Waals surface area contributed by atoms with Crippen LogP contribution < -0.4 is 16.2 Å². The van der Waals surface area contributed by atoms with Crippen LogP contribution in [0.15, 0.2) is 36.4 Å². The number of hydrogen-bond acceptors (Lipinski definition) is 3. The molecule has 4 heteroatoms. The van der Waals surface area contributed by atoms with E-state index in [9.17, 15) is 4.39 Å². The number of nitrogen functional groups attached to an aromatic ring is 2. The molecule has 88 valence electrons. The van der Waals surface area contributed by atoms with E-state index >= 15 is 0 Å². The van der Waals surface area contributed by atoms with Gasteiger partial charge in [0.05, 0.1) is 18.5 Å². The van der Waals surface area contributed by atoms with Crippen LogP contribution in [0, 0.1) is 5.82 Å². The quantitative estimate of drug-likeness (QED) is 0.782. The minimum atomic E-state index is -0.404. The minimum absolute atomic E-state index is 0.185. The van der Waals surface area contributed by atoms with Crippen LogP contribution in [0.3, 0.4) is 0 Å². The fourth-order valence-corrected chi connectivity index (χ4v) is 1.66. The maximum Gasteiger partial charge on any atom is 0.165 e. The van der Waals surface area contributed by atoms with Crippen molar-refractivity contribution in [2.45, 2.75) is 0 Å². The molecule has 0 unspecified atom stereocenters. The molecule has 0 atom stereocenters. The van der Waals surface area contributed by atoms with Crippen LogP contribution >= 0.6 is 0 Å². The highest BCUT2D eigenvalue weighted by atomic mass is 19.1. The SMILES string of the molecule is COc1cc(-c2cccc(N)c2N)ccc1F. The molecular formula is C13H13FN2O. The third-order valence-corrected chi connectivity index (χ3v) is 2.60. The van der Waals surface area contributed by atoms with Gasteiger partial charge in [-0.2, -0.15) is 0 Å². The van der Waals surface area contributed by atoms with Gasteiger partial charge in [-0.25, -0.2) is 4.39 Å². The summed E-state index contributed by atoms with van der Waals surface area (Å²) in [6.45, 7) is 0. The largest absolute Gasteiger partial charge is 0.494 e. The number of benzene rings is 2. The van der Waals surface area contributed by atoms with E-state index in [1.165, 1.54) is 13.2 Å². The van der Waals surface area contributed by atoms with Crippen molar-refractivity contribution in [1.82, 2.24) is 0 Å². The van der Waals surface area contributed by atoms with Crippen LogP contribution in [0.25, 0.3) is 11.1 Å². The molecule has 0 aliphatic rings. The van der Waals surface area contributed by atoms with Crippen LogP contribution in [-0.2, 0) is 0 Å². The molecule has 0 saturated carbocycles. The fourth-order valence-electron chi connectivity index (χ4n) is 1.66. The fraction of sp³-hybridized carbons (Fsp3) is 0.0769. The second-order valence-corrected chi connectivity index (χ2v) is 3.66. The van der Waals surface area contributed by atoms with Crippen molar-refractivity contribution in [3.8, 4) is 16.9 Å². The predicted octanol–water partition coefficient (Wildman–Crippen LogP) is 2.67. The number of methoxy groups -OCH3 is 1. The van der Waals surface area contributed by atoms with Crippen LogP contribution in [0.4, 0.5) is 15.8 Å². The van der Waals surface area contributed by atoms with Gasteiger partial charge >= 0.3 is 0 Å². The predicted molar refractivity (Wildman–Crippen MR) is 67.2 cm³/mol. The van der Waals surface area contributed by atoms with E-state index < -0.39 is 5.82 Å². The third kappa shape index (κ3) is 2.01. The van der Waals surface area contributed by atoms with E-state index in [0.29, 0.717) is 11.4 Å². The molecule has 4 N–H and O–H groups in total. The van der Waals surface area contributed by atoms with Gasteiger partial charge in [0, 0.05) is 5.56 Å². The summed E-state index contributed by atoms with van der Waals surface area (Å²) in [5.74, 6) is -0.219. The summed E-state index contributed by atoms with van der Waals surface area (Å²) in [5, 5.41) is 0. The zero-order chi connectivity index (χ0) is 12.4. The van der Waals surface area contributed by atoms with Crippen LogP contribution in [0.5, 0.6) is 5.75 Å². The maximum atomic E-state index is 13.3. The van der Waals surface area contributed by atoms with E-state index in [1.54, 1.807) is 24.3 Å². The molecule has 0 heterocycles. The molecule has 3 nitrogen and oxygen atoms in total. The van der Waals surface area contributed by atoms with Gasteiger partial charge in [-0.3, -0.25) is 0 Å².